The molecule has 0 saturated carbocycles. The lowest BCUT2D eigenvalue weighted by atomic mass is 9.73. The van der Waals surface area contributed by atoms with Crippen molar-refractivity contribution in [3.8, 4) is 0 Å². The van der Waals surface area contributed by atoms with Gasteiger partial charge in [-0.1, -0.05) is 54.0 Å². The zero-order chi connectivity index (χ0) is 24.6. The molecule has 0 amide bonds. The Labute approximate surface area is 215 Å². The molecule has 2 aliphatic rings. The maximum absolute atomic E-state index is 6.72. The number of fused-ring (bicyclic) bond motifs is 2. The van der Waals surface area contributed by atoms with E-state index < -0.39 is 0 Å². The Morgan fingerprint density at radius 1 is 1.20 bits per heavy atom. The van der Waals surface area contributed by atoms with Gasteiger partial charge in [0.05, 0.1) is 15.9 Å². The Hall–Kier alpha value is -2.93. The fraction of sp³-hybridized carbons (Fsp3) is 0.296. The molecule has 2 aromatic carbocycles. The second-order valence-electron chi connectivity index (χ2n) is 9.24. The highest BCUT2D eigenvalue weighted by atomic mass is 35.5. The normalized spacial score (nSPS) is 19.9. The summed E-state index contributed by atoms with van der Waals surface area (Å²) in [7, 11) is 1.79. The van der Waals surface area contributed by atoms with Crippen LogP contribution in [0.3, 0.4) is 0 Å². The molecule has 0 radical (unpaired) electrons. The van der Waals surface area contributed by atoms with Crippen molar-refractivity contribution in [2.24, 2.45) is 28.2 Å². The molecule has 1 aromatic heterocycles. The number of aryl methyl sites for hydroxylation is 1. The summed E-state index contributed by atoms with van der Waals surface area (Å²) < 4.78 is 1.61. The Bertz CT molecular complexity index is 1360. The summed E-state index contributed by atoms with van der Waals surface area (Å²) in [5.41, 5.74) is 11.1. The van der Waals surface area contributed by atoms with Crippen LogP contribution >= 0.6 is 23.2 Å². The number of likely N-dealkylation sites (tertiary alicyclic amines) is 1. The Morgan fingerprint density at radius 3 is 2.71 bits per heavy atom. The standard InChI is InChI=1S/C27H28Cl2N6/c1-3-32-22(10-13-31-17-19-8-9-21-23(24(19)28)26(29)34(2)33-21)35-14-11-27(12-15-35)16-18-6-4-5-7-20(18)25(27)30/h3-10,13,17,25H,1,11-12,14-16,30H2,2H3/b13-10+,31-17?,32-22?/t25-/m1/s1. The molecule has 1 fully saturated rings. The topological polar surface area (TPSA) is 71.8 Å². The van der Waals surface area contributed by atoms with Crippen LogP contribution in [0.4, 0.5) is 0 Å². The molecule has 1 atom stereocenters. The number of nitrogens with zero attached hydrogens (tertiary/aromatic N) is 5. The number of benzene rings is 2. The minimum Gasteiger partial charge on any atom is -0.357 e. The minimum absolute atomic E-state index is 0.0937. The number of amidine groups is 1. The summed E-state index contributed by atoms with van der Waals surface area (Å²) in [6, 6.07) is 12.5. The van der Waals surface area contributed by atoms with Crippen molar-refractivity contribution in [2.45, 2.75) is 25.3 Å². The van der Waals surface area contributed by atoms with Crippen LogP contribution in [-0.4, -0.2) is 39.8 Å². The molecule has 1 aliphatic heterocycles. The highest BCUT2D eigenvalue weighted by molar-refractivity contribution is 6.43. The predicted octanol–water partition coefficient (Wildman–Crippen LogP) is 5.69. The Kier molecular flexibility index (Phi) is 6.53. The zero-order valence-corrected chi connectivity index (χ0v) is 21.2. The molecule has 3 aromatic rings. The Morgan fingerprint density at radius 2 is 1.97 bits per heavy atom. The first-order valence-electron chi connectivity index (χ1n) is 11.7. The SMILES string of the molecule is C=CN=C(/C=C/N=Cc1ccc2nn(C)c(Cl)c2c1Cl)N1CCC2(CC1)Cc1ccccc1[C@H]2N. The van der Waals surface area contributed by atoms with Gasteiger partial charge in [-0.15, -0.1) is 0 Å². The molecule has 5 rings (SSSR count). The van der Waals surface area contributed by atoms with Crippen molar-refractivity contribution in [3.63, 3.8) is 0 Å². The number of aliphatic imine (C=N–C) groups is 2. The lowest BCUT2D eigenvalue weighted by molar-refractivity contribution is 0.128. The van der Waals surface area contributed by atoms with Crippen LogP contribution in [0.1, 0.15) is 35.6 Å². The molecule has 6 nitrogen and oxygen atoms in total. The first-order valence-corrected chi connectivity index (χ1v) is 12.5. The van der Waals surface area contributed by atoms with Crippen LogP contribution in [0.25, 0.3) is 10.9 Å². The third-order valence-corrected chi connectivity index (χ3v) is 8.16. The van der Waals surface area contributed by atoms with Gasteiger partial charge >= 0.3 is 0 Å². The highest BCUT2D eigenvalue weighted by Gasteiger charge is 2.45. The number of piperidine rings is 1. The van der Waals surface area contributed by atoms with E-state index in [9.17, 15) is 0 Å². The third kappa shape index (κ3) is 4.31. The highest BCUT2D eigenvalue weighted by Crippen LogP contribution is 2.50. The quantitative estimate of drug-likeness (QED) is 0.364. The van der Waals surface area contributed by atoms with Crippen LogP contribution in [0.5, 0.6) is 0 Å². The molecule has 0 unspecified atom stereocenters. The van der Waals surface area contributed by atoms with Gasteiger partial charge in [-0.3, -0.25) is 9.67 Å². The van der Waals surface area contributed by atoms with Gasteiger partial charge in [0.15, 0.2) is 0 Å². The molecule has 35 heavy (non-hydrogen) atoms. The van der Waals surface area contributed by atoms with Crippen LogP contribution in [0.2, 0.25) is 10.2 Å². The average Bonchev–Trinajstić information content (AvgIpc) is 3.31. The third-order valence-electron chi connectivity index (χ3n) is 7.32. The average molecular weight is 507 g/mol. The Balaban J connectivity index is 1.27. The van der Waals surface area contributed by atoms with Gasteiger partial charge in [0.2, 0.25) is 0 Å². The summed E-state index contributed by atoms with van der Waals surface area (Å²) >= 11 is 12.9. The number of aromatic nitrogens is 2. The van der Waals surface area contributed by atoms with Gasteiger partial charge < -0.3 is 10.6 Å². The molecular formula is C27H28Cl2N6. The van der Waals surface area contributed by atoms with Crippen molar-refractivity contribution in [1.82, 2.24) is 14.7 Å². The van der Waals surface area contributed by atoms with Gasteiger partial charge in [-0.2, -0.15) is 5.10 Å². The largest absolute Gasteiger partial charge is 0.357 e. The zero-order valence-electron chi connectivity index (χ0n) is 19.7. The van der Waals surface area contributed by atoms with Gasteiger partial charge in [0, 0.05) is 50.4 Å². The van der Waals surface area contributed by atoms with E-state index >= 15 is 0 Å². The van der Waals surface area contributed by atoms with E-state index in [4.69, 9.17) is 28.9 Å². The first-order chi connectivity index (χ1) is 16.9. The fourth-order valence-electron chi connectivity index (χ4n) is 5.37. The summed E-state index contributed by atoms with van der Waals surface area (Å²) in [6.45, 7) is 5.57. The van der Waals surface area contributed by atoms with E-state index in [0.717, 1.165) is 54.7 Å². The van der Waals surface area contributed by atoms with E-state index in [1.165, 1.54) is 11.1 Å². The van der Waals surface area contributed by atoms with Crippen LogP contribution in [-0.2, 0) is 13.5 Å². The van der Waals surface area contributed by atoms with Crippen molar-refractivity contribution in [1.29, 1.82) is 0 Å². The van der Waals surface area contributed by atoms with E-state index in [0.29, 0.717) is 10.2 Å². The van der Waals surface area contributed by atoms with Crippen LogP contribution in [0, 0.1) is 5.41 Å². The van der Waals surface area contributed by atoms with E-state index in [1.54, 1.807) is 30.3 Å². The van der Waals surface area contributed by atoms with Gasteiger partial charge in [0.1, 0.15) is 11.0 Å². The van der Waals surface area contributed by atoms with E-state index in [1.807, 2.05) is 18.2 Å². The minimum atomic E-state index is 0.0937. The van der Waals surface area contributed by atoms with Crippen LogP contribution in [0.15, 0.2) is 71.4 Å². The maximum atomic E-state index is 6.72. The van der Waals surface area contributed by atoms with Crippen molar-refractivity contribution in [3.05, 3.63) is 88.3 Å². The van der Waals surface area contributed by atoms with E-state index in [-0.39, 0.29) is 11.5 Å². The number of halogens is 2. The predicted molar refractivity (Wildman–Crippen MR) is 145 cm³/mol. The molecule has 1 spiro atoms. The molecule has 2 heterocycles. The van der Waals surface area contributed by atoms with Crippen LogP contribution < -0.4 is 5.73 Å². The fourth-order valence-corrected chi connectivity index (χ4v) is 5.95. The monoisotopic (exact) mass is 506 g/mol. The lowest BCUT2D eigenvalue weighted by Crippen LogP contribution is -2.46. The second kappa shape index (κ2) is 9.61. The number of hydrogen-bond donors (Lipinski definition) is 1. The summed E-state index contributed by atoms with van der Waals surface area (Å²) in [5, 5.41) is 6.12. The first kappa shape index (κ1) is 23.8. The molecular weight excluding hydrogens is 479 g/mol. The van der Waals surface area contributed by atoms with Gasteiger partial charge in [-0.25, -0.2) is 4.99 Å². The molecule has 2 N–H and O–H groups in total. The van der Waals surface area contributed by atoms with Crippen molar-refractivity contribution in [2.75, 3.05) is 13.1 Å². The maximum Gasteiger partial charge on any atom is 0.136 e. The molecule has 180 valence electrons. The number of rotatable bonds is 4. The summed E-state index contributed by atoms with van der Waals surface area (Å²) in [6.07, 6.45) is 10.0. The molecule has 0 bridgehead atoms. The molecule has 1 saturated heterocycles. The summed E-state index contributed by atoms with van der Waals surface area (Å²) in [4.78, 5) is 11.2. The lowest BCUT2D eigenvalue weighted by Gasteiger charge is -2.42. The van der Waals surface area contributed by atoms with Crippen molar-refractivity contribution < 1.29 is 0 Å². The second-order valence-corrected chi connectivity index (χ2v) is 9.98. The smallest absolute Gasteiger partial charge is 0.136 e. The summed E-state index contributed by atoms with van der Waals surface area (Å²) in [5.74, 6) is 0.841. The van der Waals surface area contributed by atoms with Gasteiger partial charge in [0.25, 0.3) is 0 Å². The van der Waals surface area contributed by atoms with E-state index in [2.05, 4.69) is 50.8 Å². The number of nitrogens with two attached hydrogens (primary N) is 1. The molecule has 8 heteroatoms. The van der Waals surface area contributed by atoms with Crippen molar-refractivity contribution >= 4 is 46.2 Å². The van der Waals surface area contributed by atoms with Gasteiger partial charge in [-0.05, 0) is 54.0 Å². The number of hydrogen-bond acceptors (Lipinski definition) is 4. The molecule has 1 aliphatic carbocycles.